The first-order valence-electron chi connectivity index (χ1n) is 6.09. The minimum Gasteiger partial charge on any atom is -0.466 e. The maximum absolute atomic E-state index is 5.91. The van der Waals surface area contributed by atoms with Crippen molar-refractivity contribution < 1.29 is 8.83 Å². The van der Waals surface area contributed by atoms with Gasteiger partial charge in [-0.3, -0.25) is 0 Å². The summed E-state index contributed by atoms with van der Waals surface area (Å²) in [6, 6.07) is 10.00. The normalized spacial score (nSPS) is 13.0. The molecule has 2 heterocycles. The quantitative estimate of drug-likeness (QED) is 0.777. The summed E-state index contributed by atoms with van der Waals surface area (Å²) in [7, 11) is 1.89. The first kappa shape index (κ1) is 12.5. The van der Waals surface area contributed by atoms with E-state index in [0.717, 1.165) is 27.0 Å². The van der Waals surface area contributed by atoms with E-state index in [0.29, 0.717) is 0 Å². The molecule has 3 aromatic rings. The summed E-state index contributed by atoms with van der Waals surface area (Å²) in [5, 5.41) is 4.33. The van der Waals surface area contributed by atoms with Gasteiger partial charge < -0.3 is 14.2 Å². The maximum atomic E-state index is 5.91. The molecule has 98 valence electrons. The predicted octanol–water partition coefficient (Wildman–Crippen LogP) is 4.41. The van der Waals surface area contributed by atoms with Crippen molar-refractivity contribution in [3.63, 3.8) is 0 Å². The number of fused-ring (bicyclic) bond motifs is 1. The van der Waals surface area contributed by atoms with Gasteiger partial charge >= 0.3 is 0 Å². The summed E-state index contributed by atoms with van der Waals surface area (Å²) in [6.45, 7) is 2.07. The highest BCUT2D eigenvalue weighted by atomic mass is 79.9. The molecule has 0 amide bonds. The third-order valence-corrected chi connectivity index (χ3v) is 3.83. The smallest absolute Gasteiger partial charge is 0.142 e. The fraction of sp³-hybridized carbons (Fsp3) is 0.200. The van der Waals surface area contributed by atoms with Crippen molar-refractivity contribution in [2.45, 2.75) is 13.0 Å². The zero-order valence-electron chi connectivity index (χ0n) is 10.7. The van der Waals surface area contributed by atoms with Gasteiger partial charge in [-0.1, -0.05) is 11.6 Å². The van der Waals surface area contributed by atoms with Crippen LogP contribution in [0, 0.1) is 6.92 Å². The van der Waals surface area contributed by atoms with Gasteiger partial charge in [-0.2, -0.15) is 0 Å². The molecule has 0 saturated heterocycles. The Labute approximate surface area is 119 Å². The van der Waals surface area contributed by atoms with Gasteiger partial charge in [0, 0.05) is 5.39 Å². The lowest BCUT2D eigenvalue weighted by atomic mass is 10.1. The SMILES string of the molecule is CNC(c1cc2cc(C)ccc2o1)c1occc1Br. The van der Waals surface area contributed by atoms with Crippen LogP contribution in [0.5, 0.6) is 0 Å². The average Bonchev–Trinajstić information content (AvgIpc) is 2.97. The lowest BCUT2D eigenvalue weighted by molar-refractivity contribution is 0.413. The minimum atomic E-state index is -0.0999. The summed E-state index contributed by atoms with van der Waals surface area (Å²) in [6.07, 6.45) is 1.66. The van der Waals surface area contributed by atoms with Crippen molar-refractivity contribution in [2.75, 3.05) is 7.05 Å². The fourth-order valence-electron chi connectivity index (χ4n) is 2.24. The molecule has 0 aliphatic carbocycles. The van der Waals surface area contributed by atoms with Crippen molar-refractivity contribution in [2.24, 2.45) is 0 Å². The van der Waals surface area contributed by atoms with E-state index in [1.807, 2.05) is 25.2 Å². The summed E-state index contributed by atoms with van der Waals surface area (Å²) >= 11 is 3.49. The summed E-state index contributed by atoms with van der Waals surface area (Å²) in [5.41, 5.74) is 2.11. The Morgan fingerprint density at radius 3 is 2.74 bits per heavy atom. The van der Waals surface area contributed by atoms with E-state index in [-0.39, 0.29) is 6.04 Å². The Morgan fingerprint density at radius 2 is 2.05 bits per heavy atom. The third-order valence-electron chi connectivity index (χ3n) is 3.17. The largest absolute Gasteiger partial charge is 0.466 e. The van der Waals surface area contributed by atoms with Crippen molar-refractivity contribution in [1.29, 1.82) is 0 Å². The van der Waals surface area contributed by atoms with Crippen LogP contribution >= 0.6 is 15.9 Å². The molecule has 4 heteroatoms. The molecule has 0 aliphatic heterocycles. The molecule has 1 unspecified atom stereocenters. The first-order chi connectivity index (χ1) is 9.19. The van der Waals surface area contributed by atoms with Crippen LogP contribution in [0.25, 0.3) is 11.0 Å². The van der Waals surface area contributed by atoms with Crippen LogP contribution in [0.15, 0.2) is 49.9 Å². The zero-order chi connectivity index (χ0) is 13.4. The van der Waals surface area contributed by atoms with Crippen LogP contribution in [-0.2, 0) is 0 Å². The molecule has 0 radical (unpaired) electrons. The molecule has 1 atom stereocenters. The van der Waals surface area contributed by atoms with Crippen molar-refractivity contribution >= 4 is 26.9 Å². The van der Waals surface area contributed by atoms with Crippen LogP contribution in [-0.4, -0.2) is 7.05 Å². The summed E-state index contributed by atoms with van der Waals surface area (Å²) in [5.74, 6) is 1.66. The van der Waals surface area contributed by atoms with Crippen LogP contribution < -0.4 is 5.32 Å². The highest BCUT2D eigenvalue weighted by molar-refractivity contribution is 9.10. The number of benzene rings is 1. The lowest BCUT2D eigenvalue weighted by Crippen LogP contribution is -2.16. The molecule has 3 nitrogen and oxygen atoms in total. The van der Waals surface area contributed by atoms with E-state index < -0.39 is 0 Å². The number of rotatable bonds is 3. The number of furan rings is 2. The Kier molecular flexibility index (Phi) is 3.21. The van der Waals surface area contributed by atoms with E-state index in [9.17, 15) is 0 Å². The van der Waals surface area contributed by atoms with Gasteiger partial charge in [0.25, 0.3) is 0 Å². The van der Waals surface area contributed by atoms with Gasteiger partial charge in [0.15, 0.2) is 0 Å². The lowest BCUT2D eigenvalue weighted by Gasteiger charge is -2.10. The van der Waals surface area contributed by atoms with Crippen LogP contribution in [0.2, 0.25) is 0 Å². The van der Waals surface area contributed by atoms with E-state index in [4.69, 9.17) is 8.83 Å². The van der Waals surface area contributed by atoms with Crippen molar-refractivity contribution in [3.05, 3.63) is 58.2 Å². The van der Waals surface area contributed by atoms with E-state index in [2.05, 4.69) is 40.3 Å². The molecule has 0 spiro atoms. The van der Waals surface area contributed by atoms with Crippen molar-refractivity contribution in [1.82, 2.24) is 5.32 Å². The Bertz CT molecular complexity index is 714. The highest BCUT2D eigenvalue weighted by Gasteiger charge is 2.22. The zero-order valence-corrected chi connectivity index (χ0v) is 12.3. The van der Waals surface area contributed by atoms with Gasteiger partial charge in [-0.05, 0) is 54.2 Å². The van der Waals surface area contributed by atoms with E-state index in [1.54, 1.807) is 6.26 Å². The fourth-order valence-corrected chi connectivity index (χ4v) is 2.67. The molecule has 0 aliphatic rings. The second kappa shape index (κ2) is 4.87. The van der Waals surface area contributed by atoms with Crippen LogP contribution in [0.1, 0.15) is 23.1 Å². The van der Waals surface area contributed by atoms with Gasteiger partial charge in [-0.15, -0.1) is 0 Å². The van der Waals surface area contributed by atoms with Crippen LogP contribution in [0.4, 0.5) is 0 Å². The maximum Gasteiger partial charge on any atom is 0.142 e. The molecule has 0 bridgehead atoms. The molecule has 0 saturated carbocycles. The molecular weight excluding hydrogens is 306 g/mol. The van der Waals surface area contributed by atoms with E-state index in [1.165, 1.54) is 5.56 Å². The number of aryl methyl sites for hydroxylation is 1. The van der Waals surface area contributed by atoms with E-state index >= 15 is 0 Å². The molecule has 2 aromatic heterocycles. The first-order valence-corrected chi connectivity index (χ1v) is 6.88. The molecule has 1 aromatic carbocycles. The number of halogens is 1. The second-order valence-electron chi connectivity index (χ2n) is 4.54. The number of hydrogen-bond donors (Lipinski definition) is 1. The third kappa shape index (κ3) is 2.22. The van der Waals surface area contributed by atoms with Gasteiger partial charge in [0.05, 0.1) is 10.7 Å². The standard InChI is InChI=1S/C15H14BrNO2/c1-9-3-4-12-10(7-9)8-13(19-12)14(17-2)15-11(16)5-6-18-15/h3-8,14,17H,1-2H3. The second-order valence-corrected chi connectivity index (χ2v) is 5.40. The molecule has 1 N–H and O–H groups in total. The molecular formula is C15H14BrNO2. The Hall–Kier alpha value is -1.52. The monoisotopic (exact) mass is 319 g/mol. The minimum absolute atomic E-state index is 0.0999. The Balaban J connectivity index is 2.09. The summed E-state index contributed by atoms with van der Waals surface area (Å²) < 4.78 is 12.4. The number of hydrogen-bond acceptors (Lipinski definition) is 3. The average molecular weight is 320 g/mol. The van der Waals surface area contributed by atoms with Crippen LogP contribution in [0.3, 0.4) is 0 Å². The topological polar surface area (TPSA) is 38.3 Å². The Morgan fingerprint density at radius 1 is 1.21 bits per heavy atom. The van der Waals surface area contributed by atoms with Gasteiger partial charge in [-0.25, -0.2) is 0 Å². The molecule has 19 heavy (non-hydrogen) atoms. The molecule has 3 rings (SSSR count). The van der Waals surface area contributed by atoms with Gasteiger partial charge in [0.2, 0.25) is 0 Å². The van der Waals surface area contributed by atoms with Gasteiger partial charge in [0.1, 0.15) is 23.1 Å². The van der Waals surface area contributed by atoms with Crippen molar-refractivity contribution in [3.8, 4) is 0 Å². The predicted molar refractivity (Wildman–Crippen MR) is 78.3 cm³/mol. The highest BCUT2D eigenvalue weighted by Crippen LogP contribution is 2.32. The molecule has 0 fully saturated rings. The number of nitrogens with one attached hydrogen (secondary N) is 1. The summed E-state index contributed by atoms with van der Waals surface area (Å²) in [4.78, 5) is 0.